The van der Waals surface area contributed by atoms with E-state index in [2.05, 4.69) is 5.32 Å². The van der Waals surface area contributed by atoms with Crippen molar-refractivity contribution in [2.75, 3.05) is 6.54 Å². The molecule has 1 N–H and O–H groups in total. The number of carbonyl (C=O) groups is 3. The van der Waals surface area contributed by atoms with Gasteiger partial charge in [0.25, 0.3) is 5.91 Å². The minimum absolute atomic E-state index is 0.103. The maximum atomic E-state index is 12.5. The molecule has 22 heavy (non-hydrogen) atoms. The minimum atomic E-state index is -0.529. The van der Waals surface area contributed by atoms with Crippen molar-refractivity contribution in [2.24, 2.45) is 0 Å². The third-order valence-corrected chi connectivity index (χ3v) is 3.96. The van der Waals surface area contributed by atoms with Crippen LogP contribution in [0.2, 0.25) is 0 Å². The van der Waals surface area contributed by atoms with Crippen molar-refractivity contribution < 1.29 is 14.4 Å². The Morgan fingerprint density at radius 2 is 1.91 bits per heavy atom. The van der Waals surface area contributed by atoms with Crippen LogP contribution in [0, 0.1) is 0 Å². The Kier molecular flexibility index (Phi) is 4.96. The Balaban J connectivity index is 0.000000847. The molecule has 0 aromatic heterocycles. The SMILES string of the molecule is CC.CC1=CC=C2CN(C3CCC(=O)NC3=O)C(=O)C2=CC1. The first kappa shape index (κ1) is 16.2. The molecule has 3 amide bonds. The van der Waals surface area contributed by atoms with E-state index in [9.17, 15) is 14.4 Å². The highest BCUT2D eigenvalue weighted by atomic mass is 16.2. The molecule has 1 unspecified atom stereocenters. The number of likely N-dealkylation sites (tertiary alicyclic amines) is 1. The zero-order valence-corrected chi connectivity index (χ0v) is 13.3. The highest BCUT2D eigenvalue weighted by Gasteiger charge is 2.40. The van der Waals surface area contributed by atoms with E-state index in [0.717, 1.165) is 12.0 Å². The number of nitrogens with one attached hydrogen (secondary N) is 1. The van der Waals surface area contributed by atoms with E-state index in [1.165, 1.54) is 5.57 Å². The van der Waals surface area contributed by atoms with E-state index in [-0.39, 0.29) is 24.1 Å². The van der Waals surface area contributed by atoms with Gasteiger partial charge in [-0.2, -0.15) is 0 Å². The van der Waals surface area contributed by atoms with Gasteiger partial charge in [-0.15, -0.1) is 0 Å². The van der Waals surface area contributed by atoms with E-state index in [0.29, 0.717) is 18.5 Å². The second-order valence-electron chi connectivity index (χ2n) is 5.43. The molecule has 0 aromatic rings. The van der Waals surface area contributed by atoms with E-state index in [4.69, 9.17) is 0 Å². The summed E-state index contributed by atoms with van der Waals surface area (Å²) in [6, 6.07) is -0.529. The predicted octanol–water partition coefficient (Wildman–Crippen LogP) is 1.86. The summed E-state index contributed by atoms with van der Waals surface area (Å²) in [4.78, 5) is 37.1. The molecule has 1 aliphatic carbocycles. The summed E-state index contributed by atoms with van der Waals surface area (Å²) in [6.07, 6.45) is 7.35. The molecule has 2 fully saturated rings. The fraction of sp³-hybridized carbons (Fsp3) is 0.471. The van der Waals surface area contributed by atoms with Crippen LogP contribution in [0.4, 0.5) is 0 Å². The molecule has 0 bridgehead atoms. The van der Waals surface area contributed by atoms with Gasteiger partial charge in [-0.25, -0.2) is 0 Å². The molecule has 0 saturated carbocycles. The highest BCUT2D eigenvalue weighted by Crippen LogP contribution is 2.30. The summed E-state index contributed by atoms with van der Waals surface area (Å²) in [6.45, 7) is 6.47. The molecule has 3 rings (SSSR count). The molecule has 2 heterocycles. The topological polar surface area (TPSA) is 66.5 Å². The lowest BCUT2D eigenvalue weighted by molar-refractivity contribution is -0.142. The molecule has 5 nitrogen and oxygen atoms in total. The average molecular weight is 302 g/mol. The van der Waals surface area contributed by atoms with Crippen LogP contribution in [0.1, 0.15) is 40.0 Å². The molecule has 3 aliphatic rings. The minimum Gasteiger partial charge on any atom is -0.322 e. The van der Waals surface area contributed by atoms with Gasteiger partial charge < -0.3 is 4.90 Å². The van der Waals surface area contributed by atoms with Crippen molar-refractivity contribution in [3.8, 4) is 0 Å². The Bertz CT molecular complexity index is 599. The summed E-state index contributed by atoms with van der Waals surface area (Å²) in [5.74, 6) is -0.725. The van der Waals surface area contributed by atoms with Gasteiger partial charge in [-0.05, 0) is 25.3 Å². The van der Waals surface area contributed by atoms with Gasteiger partial charge >= 0.3 is 0 Å². The molecular weight excluding hydrogens is 280 g/mol. The van der Waals surface area contributed by atoms with Gasteiger partial charge in [-0.1, -0.05) is 37.6 Å². The number of carbonyl (C=O) groups excluding carboxylic acids is 3. The average Bonchev–Trinajstić information content (AvgIpc) is 2.69. The molecule has 2 aliphatic heterocycles. The first-order chi connectivity index (χ1) is 10.6. The molecule has 118 valence electrons. The standard InChI is InChI=1S/C15H16N2O3.C2H6/c1-9-2-4-10-8-17(15(20)11(10)5-3-9)12-6-7-13(18)16-14(12)19;1-2/h2,4-5,12H,3,6-8H2,1H3,(H,16,18,19);1-2H3. The first-order valence-electron chi connectivity index (χ1n) is 7.78. The van der Waals surface area contributed by atoms with Crippen molar-refractivity contribution in [3.63, 3.8) is 0 Å². The smallest absolute Gasteiger partial charge is 0.254 e. The van der Waals surface area contributed by atoms with Crippen molar-refractivity contribution >= 4 is 17.7 Å². The lowest BCUT2D eigenvalue weighted by Gasteiger charge is -2.29. The summed E-state index contributed by atoms with van der Waals surface area (Å²) < 4.78 is 0. The predicted molar refractivity (Wildman–Crippen MR) is 83.8 cm³/mol. The van der Waals surface area contributed by atoms with E-state index < -0.39 is 6.04 Å². The Morgan fingerprint density at radius 3 is 2.59 bits per heavy atom. The van der Waals surface area contributed by atoms with Crippen molar-refractivity contribution in [1.82, 2.24) is 10.2 Å². The van der Waals surface area contributed by atoms with Gasteiger partial charge in [0, 0.05) is 18.5 Å². The van der Waals surface area contributed by atoms with E-state index in [1.54, 1.807) is 4.90 Å². The molecule has 0 aromatic carbocycles. The maximum Gasteiger partial charge on any atom is 0.254 e. The van der Waals surface area contributed by atoms with Crippen LogP contribution in [0.25, 0.3) is 0 Å². The number of rotatable bonds is 1. The second kappa shape index (κ2) is 6.73. The van der Waals surface area contributed by atoms with Crippen molar-refractivity contribution in [3.05, 3.63) is 34.9 Å². The largest absolute Gasteiger partial charge is 0.322 e. The quantitative estimate of drug-likeness (QED) is 0.752. The van der Waals surface area contributed by atoms with E-state index in [1.807, 2.05) is 39.0 Å². The lowest BCUT2D eigenvalue weighted by atomic mass is 10.0. The van der Waals surface area contributed by atoms with Gasteiger partial charge in [0.1, 0.15) is 6.04 Å². The molecule has 1 atom stereocenters. The monoisotopic (exact) mass is 302 g/mol. The third kappa shape index (κ3) is 3.03. The number of allylic oxidation sites excluding steroid dienone is 4. The summed E-state index contributed by atoms with van der Waals surface area (Å²) >= 11 is 0. The Labute approximate surface area is 130 Å². The van der Waals surface area contributed by atoms with Crippen LogP contribution in [-0.2, 0) is 14.4 Å². The number of amides is 3. The summed E-state index contributed by atoms with van der Waals surface area (Å²) in [7, 11) is 0. The van der Waals surface area contributed by atoms with Crippen LogP contribution in [0.3, 0.4) is 0 Å². The number of hydrogen-bond acceptors (Lipinski definition) is 3. The molecule has 5 heteroatoms. The van der Waals surface area contributed by atoms with Crippen LogP contribution in [0.5, 0.6) is 0 Å². The fourth-order valence-corrected chi connectivity index (χ4v) is 2.80. The number of imide groups is 1. The normalized spacial score (nSPS) is 24.3. The third-order valence-electron chi connectivity index (χ3n) is 3.96. The maximum absolute atomic E-state index is 12.5. The summed E-state index contributed by atoms with van der Waals surface area (Å²) in [5, 5.41) is 2.30. The van der Waals surface area contributed by atoms with Gasteiger partial charge in [0.2, 0.25) is 11.8 Å². The fourth-order valence-electron chi connectivity index (χ4n) is 2.80. The molecule has 0 spiro atoms. The number of fused-ring (bicyclic) bond motifs is 1. The van der Waals surface area contributed by atoms with Gasteiger partial charge in [0.05, 0.1) is 0 Å². The van der Waals surface area contributed by atoms with Crippen LogP contribution >= 0.6 is 0 Å². The first-order valence-corrected chi connectivity index (χ1v) is 7.78. The Hall–Kier alpha value is -2.17. The zero-order valence-electron chi connectivity index (χ0n) is 13.3. The number of hydrogen-bond donors (Lipinski definition) is 1. The zero-order chi connectivity index (χ0) is 16.3. The van der Waals surface area contributed by atoms with Crippen LogP contribution in [0.15, 0.2) is 34.9 Å². The summed E-state index contributed by atoms with van der Waals surface area (Å²) in [5.41, 5.74) is 2.86. The van der Waals surface area contributed by atoms with Crippen molar-refractivity contribution in [1.29, 1.82) is 0 Å². The molecule has 0 radical (unpaired) electrons. The number of piperidine rings is 1. The molecular formula is C17H22N2O3. The van der Waals surface area contributed by atoms with Gasteiger partial charge in [0.15, 0.2) is 0 Å². The van der Waals surface area contributed by atoms with Crippen LogP contribution < -0.4 is 5.32 Å². The number of nitrogens with zero attached hydrogens (tertiary/aromatic N) is 1. The highest BCUT2D eigenvalue weighted by molar-refractivity contribution is 6.07. The second-order valence-corrected chi connectivity index (χ2v) is 5.43. The van der Waals surface area contributed by atoms with Crippen molar-refractivity contribution in [2.45, 2.75) is 46.1 Å². The van der Waals surface area contributed by atoms with E-state index >= 15 is 0 Å². The van der Waals surface area contributed by atoms with Crippen LogP contribution in [-0.4, -0.2) is 35.2 Å². The molecule has 2 saturated heterocycles. The Morgan fingerprint density at radius 1 is 1.18 bits per heavy atom. The van der Waals surface area contributed by atoms with Gasteiger partial charge in [-0.3, -0.25) is 19.7 Å². The lowest BCUT2D eigenvalue weighted by Crippen LogP contribution is -2.52.